The van der Waals surface area contributed by atoms with E-state index in [0.29, 0.717) is 23.4 Å². The Morgan fingerprint density at radius 2 is 1.77 bits per heavy atom. The predicted molar refractivity (Wildman–Crippen MR) is 99.4 cm³/mol. The number of esters is 1. The molecule has 0 N–H and O–H groups in total. The summed E-state index contributed by atoms with van der Waals surface area (Å²) in [5, 5.41) is 0. The Bertz CT molecular complexity index is 736. The van der Waals surface area contributed by atoms with Crippen molar-refractivity contribution in [1.29, 1.82) is 0 Å². The van der Waals surface area contributed by atoms with Crippen LogP contribution in [-0.4, -0.2) is 46.3 Å². The van der Waals surface area contributed by atoms with E-state index in [9.17, 15) is 14.4 Å². The minimum absolute atomic E-state index is 0.0227. The number of ketones is 1. The lowest BCUT2D eigenvalue weighted by molar-refractivity contribution is -0.136. The van der Waals surface area contributed by atoms with Crippen LogP contribution in [0, 0.1) is 19.8 Å². The van der Waals surface area contributed by atoms with Gasteiger partial charge in [-0.3, -0.25) is 9.59 Å². The first-order valence-electron chi connectivity index (χ1n) is 9.17. The number of methoxy groups -OCH3 is 1. The van der Waals surface area contributed by atoms with Crippen LogP contribution < -0.4 is 0 Å². The maximum absolute atomic E-state index is 13.1. The van der Waals surface area contributed by atoms with Gasteiger partial charge in [-0.2, -0.15) is 0 Å². The van der Waals surface area contributed by atoms with Crippen molar-refractivity contribution >= 4 is 17.7 Å². The van der Waals surface area contributed by atoms with Crippen molar-refractivity contribution in [3.63, 3.8) is 0 Å². The summed E-state index contributed by atoms with van der Waals surface area (Å²) in [6.07, 6.45) is 1.80. The number of rotatable bonds is 6. The molecule has 1 saturated carbocycles. The first-order chi connectivity index (χ1) is 12.0. The Labute approximate surface area is 155 Å². The molecule has 0 unspecified atom stereocenters. The van der Waals surface area contributed by atoms with Gasteiger partial charge in [-0.1, -0.05) is 0 Å². The molecular weight excluding hydrogens is 332 g/mol. The van der Waals surface area contributed by atoms with Gasteiger partial charge >= 0.3 is 5.97 Å². The highest BCUT2D eigenvalue weighted by Crippen LogP contribution is 2.34. The monoisotopic (exact) mass is 362 g/mol. The number of ether oxygens (including phenoxy) is 1. The SMILES string of the molecule is CCn1c(C)c(C(=O)CN(C(=O)C2CC2)C(C)(C)C)c(C)c1C(=O)OC. The van der Waals surface area contributed by atoms with E-state index in [2.05, 4.69) is 0 Å². The van der Waals surface area contributed by atoms with Crippen molar-refractivity contribution in [2.24, 2.45) is 5.92 Å². The van der Waals surface area contributed by atoms with Crippen molar-refractivity contribution in [2.75, 3.05) is 13.7 Å². The van der Waals surface area contributed by atoms with E-state index in [1.54, 1.807) is 16.4 Å². The summed E-state index contributed by atoms with van der Waals surface area (Å²) in [4.78, 5) is 39.6. The molecule has 6 heteroatoms. The summed E-state index contributed by atoms with van der Waals surface area (Å²) >= 11 is 0. The van der Waals surface area contributed by atoms with Gasteiger partial charge in [0.1, 0.15) is 5.69 Å². The number of nitrogens with zero attached hydrogens (tertiary/aromatic N) is 2. The lowest BCUT2D eigenvalue weighted by Gasteiger charge is -2.35. The van der Waals surface area contributed by atoms with E-state index in [-0.39, 0.29) is 24.2 Å². The molecule has 0 saturated heterocycles. The summed E-state index contributed by atoms with van der Waals surface area (Å²) in [5.74, 6) is -0.492. The Morgan fingerprint density at radius 3 is 2.19 bits per heavy atom. The second-order valence-corrected chi connectivity index (χ2v) is 7.96. The number of aromatic nitrogens is 1. The first-order valence-corrected chi connectivity index (χ1v) is 9.17. The van der Waals surface area contributed by atoms with Gasteiger partial charge in [-0.05, 0) is 59.9 Å². The number of Topliss-reactive ketones (excluding diaryl/α,β-unsaturated/α-hetero) is 1. The second kappa shape index (κ2) is 7.25. The summed E-state index contributed by atoms with van der Waals surface area (Å²) < 4.78 is 6.69. The standard InChI is InChI=1S/C20H30N2O4/c1-8-21-13(3)16(12(2)17(21)19(25)26-7)15(23)11-22(20(4,5)6)18(24)14-9-10-14/h14H,8-11H2,1-7H3. The van der Waals surface area contributed by atoms with Gasteiger partial charge in [0.2, 0.25) is 5.91 Å². The van der Waals surface area contributed by atoms with Crippen LogP contribution >= 0.6 is 0 Å². The summed E-state index contributed by atoms with van der Waals surface area (Å²) in [7, 11) is 1.33. The highest BCUT2D eigenvalue weighted by atomic mass is 16.5. The first kappa shape index (κ1) is 20.2. The minimum atomic E-state index is -0.451. The molecule has 0 radical (unpaired) electrons. The van der Waals surface area contributed by atoms with Crippen molar-refractivity contribution in [2.45, 2.75) is 66.5 Å². The van der Waals surface area contributed by atoms with Crippen molar-refractivity contribution in [1.82, 2.24) is 9.47 Å². The van der Waals surface area contributed by atoms with E-state index in [1.165, 1.54) is 7.11 Å². The molecule has 1 aromatic heterocycles. The Morgan fingerprint density at radius 1 is 1.19 bits per heavy atom. The minimum Gasteiger partial charge on any atom is -0.464 e. The topological polar surface area (TPSA) is 68.6 Å². The fourth-order valence-corrected chi connectivity index (χ4v) is 3.48. The Hall–Kier alpha value is -2.11. The van der Waals surface area contributed by atoms with Gasteiger partial charge in [0.15, 0.2) is 5.78 Å². The number of amides is 1. The zero-order valence-corrected chi connectivity index (χ0v) is 16.9. The number of carbonyl (C=O) groups excluding carboxylic acids is 3. The third kappa shape index (κ3) is 3.69. The molecule has 6 nitrogen and oxygen atoms in total. The molecule has 2 rings (SSSR count). The lowest BCUT2D eigenvalue weighted by Crippen LogP contribution is -2.49. The van der Waals surface area contributed by atoms with Crippen LogP contribution in [0.1, 0.15) is 72.6 Å². The van der Waals surface area contributed by atoms with Crippen LogP contribution in [0.15, 0.2) is 0 Å². The molecule has 0 spiro atoms. The van der Waals surface area contributed by atoms with E-state index in [0.717, 1.165) is 18.5 Å². The molecule has 1 aliphatic rings. The molecule has 144 valence electrons. The summed E-state index contributed by atoms with van der Waals surface area (Å²) in [6, 6.07) is 0. The Balaban J connectivity index is 2.41. The van der Waals surface area contributed by atoms with Crippen LogP contribution in [-0.2, 0) is 16.1 Å². The van der Waals surface area contributed by atoms with Crippen LogP contribution in [0.25, 0.3) is 0 Å². The van der Waals surface area contributed by atoms with Gasteiger partial charge in [0, 0.05) is 29.3 Å². The van der Waals surface area contributed by atoms with Gasteiger partial charge < -0.3 is 14.2 Å². The zero-order valence-electron chi connectivity index (χ0n) is 16.9. The molecule has 1 aliphatic carbocycles. The molecule has 1 fully saturated rings. The molecule has 0 aromatic carbocycles. The van der Waals surface area contributed by atoms with Crippen LogP contribution in [0.3, 0.4) is 0 Å². The zero-order chi connectivity index (χ0) is 19.8. The van der Waals surface area contributed by atoms with Crippen molar-refractivity contribution < 1.29 is 19.1 Å². The Kier molecular flexibility index (Phi) is 5.64. The number of hydrogen-bond donors (Lipinski definition) is 0. The summed E-state index contributed by atoms with van der Waals surface area (Å²) in [5.41, 5.74) is 1.85. The normalized spacial score (nSPS) is 14.3. The number of carbonyl (C=O) groups is 3. The molecule has 1 heterocycles. The molecule has 1 aromatic rings. The van der Waals surface area contributed by atoms with E-state index in [4.69, 9.17) is 4.74 Å². The van der Waals surface area contributed by atoms with Gasteiger partial charge in [-0.25, -0.2) is 4.79 Å². The molecule has 0 atom stereocenters. The average Bonchev–Trinajstić information content (AvgIpc) is 3.36. The highest BCUT2D eigenvalue weighted by molar-refractivity contribution is 6.05. The molecular formula is C20H30N2O4. The van der Waals surface area contributed by atoms with Crippen LogP contribution in [0.5, 0.6) is 0 Å². The van der Waals surface area contributed by atoms with Crippen molar-refractivity contribution in [3.8, 4) is 0 Å². The average molecular weight is 362 g/mol. The highest BCUT2D eigenvalue weighted by Gasteiger charge is 2.39. The molecule has 0 bridgehead atoms. The lowest BCUT2D eigenvalue weighted by atomic mass is 10.0. The van der Waals surface area contributed by atoms with Gasteiger partial charge in [0.25, 0.3) is 0 Å². The van der Waals surface area contributed by atoms with Crippen LogP contribution in [0.2, 0.25) is 0 Å². The fourth-order valence-electron chi connectivity index (χ4n) is 3.48. The maximum atomic E-state index is 13.1. The van der Waals surface area contributed by atoms with E-state index in [1.807, 2.05) is 34.6 Å². The smallest absolute Gasteiger partial charge is 0.354 e. The molecule has 0 aliphatic heterocycles. The maximum Gasteiger partial charge on any atom is 0.354 e. The predicted octanol–water partition coefficient (Wildman–Crippen LogP) is 3.13. The van der Waals surface area contributed by atoms with Gasteiger partial charge in [0.05, 0.1) is 13.7 Å². The van der Waals surface area contributed by atoms with Crippen molar-refractivity contribution in [3.05, 3.63) is 22.5 Å². The third-order valence-electron chi connectivity index (χ3n) is 5.04. The van der Waals surface area contributed by atoms with Gasteiger partial charge in [-0.15, -0.1) is 0 Å². The van der Waals surface area contributed by atoms with E-state index >= 15 is 0 Å². The molecule has 26 heavy (non-hydrogen) atoms. The summed E-state index contributed by atoms with van der Waals surface area (Å²) in [6.45, 7) is 11.9. The van der Waals surface area contributed by atoms with E-state index < -0.39 is 11.5 Å². The largest absolute Gasteiger partial charge is 0.464 e. The number of hydrogen-bond acceptors (Lipinski definition) is 4. The van der Waals surface area contributed by atoms with Crippen LogP contribution in [0.4, 0.5) is 0 Å². The third-order valence-corrected chi connectivity index (χ3v) is 5.04. The second-order valence-electron chi connectivity index (χ2n) is 7.96. The molecule has 1 amide bonds. The quantitative estimate of drug-likeness (QED) is 0.576. The fraction of sp³-hybridized carbons (Fsp3) is 0.650.